The monoisotopic (exact) mass is 256 g/mol. The average Bonchev–Trinajstić information content (AvgIpc) is 2.47. The molecule has 0 radical (unpaired) electrons. The lowest BCUT2D eigenvalue weighted by molar-refractivity contribution is -0.136. The van der Waals surface area contributed by atoms with E-state index in [0.29, 0.717) is 16.7 Å². The van der Waals surface area contributed by atoms with Gasteiger partial charge in [-0.15, -0.1) is 0 Å². The Kier molecular flexibility index (Phi) is 4.29. The van der Waals surface area contributed by atoms with Crippen LogP contribution in [-0.2, 0) is 14.3 Å². The Morgan fingerprint density at radius 3 is 2.53 bits per heavy atom. The van der Waals surface area contributed by atoms with Gasteiger partial charge in [0.1, 0.15) is 0 Å². The molecule has 0 spiro atoms. The predicted octanol–water partition coefficient (Wildman–Crippen LogP) is 2.82. The van der Waals surface area contributed by atoms with Gasteiger partial charge in [-0.3, -0.25) is 4.79 Å². The van der Waals surface area contributed by atoms with E-state index in [4.69, 9.17) is 4.74 Å². The first-order valence-electron chi connectivity index (χ1n) is 6.33. The van der Waals surface area contributed by atoms with E-state index in [2.05, 4.69) is 0 Å². The summed E-state index contributed by atoms with van der Waals surface area (Å²) in [6, 6.07) is 0. The van der Waals surface area contributed by atoms with Gasteiger partial charge < -0.3 is 4.74 Å². The minimum atomic E-state index is -0.477. The van der Waals surface area contributed by atoms with Gasteiger partial charge in [0.25, 0.3) is 0 Å². The van der Waals surface area contributed by atoms with Gasteiger partial charge in [-0.1, -0.05) is 36.5 Å². The summed E-state index contributed by atoms with van der Waals surface area (Å²) in [7, 11) is 1.32. The maximum atomic E-state index is 12.3. The molecule has 0 aliphatic heterocycles. The molecule has 0 aromatic carbocycles. The molecule has 0 heterocycles. The third-order valence-electron chi connectivity index (χ3n) is 3.08. The standard InChI is InChI=1S/C16H16O3/c1-19-16(18)14-11-6-4-2-3-5-10-13(14)15(17)12-8-7-9-12/h4,6-11H,2-3,5H2,1H3/b6-4+,13-10+,14-11+. The van der Waals surface area contributed by atoms with Crippen molar-refractivity contribution in [2.75, 3.05) is 7.11 Å². The Morgan fingerprint density at radius 1 is 1.11 bits per heavy atom. The molecule has 0 amide bonds. The summed E-state index contributed by atoms with van der Waals surface area (Å²) in [6.45, 7) is 0. The highest BCUT2D eigenvalue weighted by Gasteiger charge is 2.23. The van der Waals surface area contributed by atoms with E-state index in [1.165, 1.54) is 7.11 Å². The molecule has 0 bridgehead atoms. The van der Waals surface area contributed by atoms with Crippen molar-refractivity contribution in [3.63, 3.8) is 0 Å². The Balaban J connectivity index is 2.37. The molecule has 2 aliphatic carbocycles. The van der Waals surface area contributed by atoms with Crippen LogP contribution in [0.1, 0.15) is 19.3 Å². The fraction of sp³-hybridized carbons (Fsp3) is 0.250. The van der Waals surface area contributed by atoms with Crippen molar-refractivity contribution < 1.29 is 14.3 Å². The predicted molar refractivity (Wildman–Crippen MR) is 73.4 cm³/mol. The Labute approximate surface area is 112 Å². The van der Waals surface area contributed by atoms with E-state index in [1.807, 2.05) is 24.3 Å². The molecule has 2 aliphatic rings. The molecular weight excluding hydrogens is 240 g/mol. The highest BCUT2D eigenvalue weighted by molar-refractivity contribution is 6.19. The van der Waals surface area contributed by atoms with Gasteiger partial charge >= 0.3 is 5.97 Å². The van der Waals surface area contributed by atoms with E-state index in [9.17, 15) is 9.59 Å². The van der Waals surface area contributed by atoms with Crippen LogP contribution in [-0.4, -0.2) is 18.9 Å². The highest BCUT2D eigenvalue weighted by Crippen LogP contribution is 2.23. The second-order valence-electron chi connectivity index (χ2n) is 4.36. The van der Waals surface area contributed by atoms with E-state index >= 15 is 0 Å². The number of esters is 1. The van der Waals surface area contributed by atoms with E-state index < -0.39 is 5.97 Å². The normalized spacial score (nSPS) is 25.2. The number of allylic oxidation sites excluding steroid dienone is 8. The molecule has 0 saturated carbocycles. The summed E-state index contributed by atoms with van der Waals surface area (Å²) in [6.07, 6.45) is 15.3. The van der Waals surface area contributed by atoms with Gasteiger partial charge in [0.05, 0.1) is 12.7 Å². The van der Waals surface area contributed by atoms with Crippen molar-refractivity contribution in [3.8, 4) is 0 Å². The van der Waals surface area contributed by atoms with Crippen LogP contribution in [0.5, 0.6) is 0 Å². The van der Waals surface area contributed by atoms with Crippen molar-refractivity contribution in [1.82, 2.24) is 0 Å². The van der Waals surface area contributed by atoms with Crippen LogP contribution in [0, 0.1) is 0 Å². The van der Waals surface area contributed by atoms with Crippen molar-refractivity contribution in [3.05, 3.63) is 59.3 Å². The Hall–Kier alpha value is -2.16. The van der Waals surface area contributed by atoms with Gasteiger partial charge in [-0.05, 0) is 25.3 Å². The van der Waals surface area contributed by atoms with Crippen LogP contribution in [0.25, 0.3) is 0 Å². The van der Waals surface area contributed by atoms with Crippen LogP contribution in [0.2, 0.25) is 0 Å². The SMILES string of the molecule is COC(=O)C1=C/C=C/CCC/C=C\1C(=O)C1=CC=C1. The van der Waals surface area contributed by atoms with Crippen LogP contribution >= 0.6 is 0 Å². The summed E-state index contributed by atoms with van der Waals surface area (Å²) in [5, 5.41) is 0. The summed E-state index contributed by atoms with van der Waals surface area (Å²) < 4.78 is 4.77. The number of hydrogen-bond acceptors (Lipinski definition) is 3. The zero-order valence-electron chi connectivity index (χ0n) is 10.9. The van der Waals surface area contributed by atoms with Crippen molar-refractivity contribution in [2.24, 2.45) is 0 Å². The first-order chi connectivity index (χ1) is 9.24. The Morgan fingerprint density at radius 2 is 1.89 bits per heavy atom. The number of hydrogen-bond donors (Lipinski definition) is 0. The number of methoxy groups -OCH3 is 1. The maximum Gasteiger partial charge on any atom is 0.338 e. The van der Waals surface area contributed by atoms with Gasteiger partial charge in [-0.25, -0.2) is 4.79 Å². The van der Waals surface area contributed by atoms with E-state index in [-0.39, 0.29) is 5.78 Å². The molecule has 0 aromatic rings. The van der Waals surface area contributed by atoms with Crippen molar-refractivity contribution in [1.29, 1.82) is 0 Å². The summed E-state index contributed by atoms with van der Waals surface area (Å²) in [4.78, 5) is 24.2. The number of carbonyl (C=O) groups is 2. The average molecular weight is 256 g/mol. The van der Waals surface area contributed by atoms with E-state index in [1.54, 1.807) is 18.2 Å². The van der Waals surface area contributed by atoms with Gasteiger partial charge in [0, 0.05) is 11.1 Å². The number of ketones is 1. The molecule has 3 nitrogen and oxygen atoms in total. The molecule has 0 aromatic heterocycles. The molecular formula is C16H16O3. The Bertz CT molecular complexity index is 542. The van der Waals surface area contributed by atoms with E-state index in [0.717, 1.165) is 19.3 Å². The molecule has 0 unspecified atom stereocenters. The van der Waals surface area contributed by atoms with Gasteiger partial charge in [0.15, 0.2) is 5.78 Å². The van der Waals surface area contributed by atoms with Crippen LogP contribution in [0.4, 0.5) is 0 Å². The van der Waals surface area contributed by atoms with Gasteiger partial charge in [0.2, 0.25) is 0 Å². The van der Waals surface area contributed by atoms with Crippen LogP contribution in [0.3, 0.4) is 0 Å². The molecule has 98 valence electrons. The zero-order valence-corrected chi connectivity index (χ0v) is 10.9. The maximum absolute atomic E-state index is 12.3. The third-order valence-corrected chi connectivity index (χ3v) is 3.08. The topological polar surface area (TPSA) is 43.4 Å². The highest BCUT2D eigenvalue weighted by atomic mass is 16.5. The molecule has 0 fully saturated rings. The fourth-order valence-corrected chi connectivity index (χ4v) is 1.94. The molecule has 2 rings (SSSR count). The minimum Gasteiger partial charge on any atom is -0.465 e. The smallest absolute Gasteiger partial charge is 0.338 e. The first kappa shape index (κ1) is 13.3. The number of Topliss-reactive ketones (excluding diaryl/α,β-unsaturated/α-hetero) is 1. The minimum absolute atomic E-state index is 0.116. The molecule has 3 heteroatoms. The second-order valence-corrected chi connectivity index (χ2v) is 4.36. The van der Waals surface area contributed by atoms with Crippen molar-refractivity contribution >= 4 is 11.8 Å². The summed E-state index contributed by atoms with van der Waals surface area (Å²) in [5.41, 5.74) is 1.39. The van der Waals surface area contributed by atoms with Crippen LogP contribution < -0.4 is 0 Å². The lowest BCUT2D eigenvalue weighted by atomic mass is 9.92. The lowest BCUT2D eigenvalue weighted by Gasteiger charge is -2.12. The fourth-order valence-electron chi connectivity index (χ4n) is 1.94. The van der Waals surface area contributed by atoms with Crippen LogP contribution in [0.15, 0.2) is 59.3 Å². The lowest BCUT2D eigenvalue weighted by Crippen LogP contribution is -2.16. The largest absolute Gasteiger partial charge is 0.465 e. The molecule has 19 heavy (non-hydrogen) atoms. The third kappa shape index (κ3) is 2.99. The number of carbonyl (C=O) groups excluding carboxylic acids is 2. The number of rotatable bonds is 3. The molecule has 0 atom stereocenters. The summed E-state index contributed by atoms with van der Waals surface area (Å²) in [5.74, 6) is -0.593. The first-order valence-corrected chi connectivity index (χ1v) is 6.33. The number of ether oxygens (including phenoxy) is 1. The van der Waals surface area contributed by atoms with Gasteiger partial charge in [-0.2, -0.15) is 0 Å². The second kappa shape index (κ2) is 6.14. The zero-order chi connectivity index (χ0) is 13.7. The molecule has 0 saturated heterocycles. The molecule has 0 N–H and O–H groups in total. The van der Waals surface area contributed by atoms with Crippen molar-refractivity contribution in [2.45, 2.75) is 19.3 Å². The quantitative estimate of drug-likeness (QED) is 0.729. The summed E-state index contributed by atoms with van der Waals surface area (Å²) >= 11 is 0.